The van der Waals surface area contributed by atoms with Crippen LogP contribution in [0.4, 0.5) is 0 Å². The fourth-order valence-corrected chi connectivity index (χ4v) is 4.31. The predicted octanol–water partition coefficient (Wildman–Crippen LogP) is 4.64. The van der Waals surface area contributed by atoms with Crippen LogP contribution >= 0.6 is 12.4 Å². The number of hydrogen-bond acceptors (Lipinski definition) is 5. The topological polar surface area (TPSA) is 77.0 Å². The Morgan fingerprint density at radius 2 is 2.00 bits per heavy atom. The second kappa shape index (κ2) is 10.1. The summed E-state index contributed by atoms with van der Waals surface area (Å²) < 4.78 is 7.37. The van der Waals surface area contributed by atoms with Crippen molar-refractivity contribution in [1.29, 1.82) is 0 Å². The van der Waals surface area contributed by atoms with Gasteiger partial charge >= 0.3 is 0 Å². The van der Waals surface area contributed by atoms with Gasteiger partial charge in [0.15, 0.2) is 5.69 Å². The summed E-state index contributed by atoms with van der Waals surface area (Å²) in [6.07, 6.45) is 9.16. The number of aryl methyl sites for hydroxylation is 3. The van der Waals surface area contributed by atoms with Crippen molar-refractivity contribution in [2.24, 2.45) is 0 Å². The Morgan fingerprint density at radius 1 is 1.23 bits per heavy atom. The molecule has 3 heterocycles. The highest BCUT2D eigenvalue weighted by atomic mass is 35.5. The first-order chi connectivity index (χ1) is 14.5. The molecule has 0 radical (unpaired) electrons. The highest BCUT2D eigenvalue weighted by molar-refractivity contribution is 5.94. The second-order valence-corrected chi connectivity index (χ2v) is 8.24. The molecule has 0 saturated heterocycles. The number of aromatic nitrogens is 4. The standard InChI is InChI=1S/C23H29N5O2.ClH/c1-16-12-17(2)28(25-16)15-21-18(3)30-26-22(21)23(29)27(20-9-5-4-6-10-20)14-19-8-7-11-24-13-19;/h7-8,11-13,20H,4-6,9-10,14-15H2,1-3H3;1H. The van der Waals surface area contributed by atoms with Gasteiger partial charge in [-0.1, -0.05) is 30.5 Å². The molecule has 1 amide bonds. The zero-order chi connectivity index (χ0) is 21.1. The Kier molecular flexibility index (Phi) is 7.49. The lowest BCUT2D eigenvalue weighted by Crippen LogP contribution is -2.41. The van der Waals surface area contributed by atoms with Crippen LogP contribution < -0.4 is 0 Å². The van der Waals surface area contributed by atoms with Crippen LogP contribution in [0.2, 0.25) is 0 Å². The first-order valence-corrected chi connectivity index (χ1v) is 10.7. The number of rotatable bonds is 6. The summed E-state index contributed by atoms with van der Waals surface area (Å²) in [5.41, 5.74) is 4.23. The molecule has 3 aromatic heterocycles. The van der Waals surface area contributed by atoms with E-state index in [4.69, 9.17) is 4.52 Å². The molecule has 0 atom stereocenters. The van der Waals surface area contributed by atoms with Crippen LogP contribution in [0, 0.1) is 20.8 Å². The quantitative estimate of drug-likeness (QED) is 0.554. The van der Waals surface area contributed by atoms with Crippen molar-refractivity contribution < 1.29 is 9.32 Å². The first-order valence-electron chi connectivity index (χ1n) is 10.7. The molecule has 0 N–H and O–H groups in total. The summed E-state index contributed by atoms with van der Waals surface area (Å²) in [6, 6.07) is 6.17. The highest BCUT2D eigenvalue weighted by Crippen LogP contribution is 2.27. The average molecular weight is 444 g/mol. The molecule has 31 heavy (non-hydrogen) atoms. The molecule has 1 saturated carbocycles. The van der Waals surface area contributed by atoms with Crippen molar-refractivity contribution >= 4 is 18.3 Å². The lowest BCUT2D eigenvalue weighted by Gasteiger charge is -2.34. The fraction of sp³-hybridized carbons (Fsp3) is 0.478. The van der Waals surface area contributed by atoms with Crippen LogP contribution in [0.1, 0.15) is 70.9 Å². The number of amides is 1. The molecule has 166 valence electrons. The van der Waals surface area contributed by atoms with Crippen LogP contribution in [-0.2, 0) is 13.1 Å². The van der Waals surface area contributed by atoms with Gasteiger partial charge in [0.05, 0.1) is 12.2 Å². The van der Waals surface area contributed by atoms with Gasteiger partial charge in [-0.05, 0) is 51.3 Å². The third-order valence-corrected chi connectivity index (χ3v) is 5.95. The van der Waals surface area contributed by atoms with E-state index in [2.05, 4.69) is 15.2 Å². The Balaban J connectivity index is 0.00000272. The summed E-state index contributed by atoms with van der Waals surface area (Å²) in [4.78, 5) is 19.9. The fourth-order valence-electron chi connectivity index (χ4n) is 4.31. The van der Waals surface area contributed by atoms with Crippen LogP contribution in [0.25, 0.3) is 0 Å². The minimum Gasteiger partial charge on any atom is -0.361 e. The van der Waals surface area contributed by atoms with Crippen molar-refractivity contribution in [1.82, 2.24) is 24.8 Å². The van der Waals surface area contributed by atoms with E-state index in [0.29, 0.717) is 24.5 Å². The largest absolute Gasteiger partial charge is 0.361 e. The maximum absolute atomic E-state index is 13.7. The molecule has 0 spiro atoms. The minimum absolute atomic E-state index is 0. The number of carbonyl (C=O) groups is 1. The van der Waals surface area contributed by atoms with Gasteiger partial charge in [-0.25, -0.2) is 0 Å². The van der Waals surface area contributed by atoms with Gasteiger partial charge < -0.3 is 9.42 Å². The third kappa shape index (κ3) is 5.15. The van der Waals surface area contributed by atoms with Crippen molar-refractivity contribution in [3.8, 4) is 0 Å². The molecule has 0 aromatic carbocycles. The van der Waals surface area contributed by atoms with E-state index in [1.54, 1.807) is 6.20 Å². The molecule has 4 rings (SSSR count). The smallest absolute Gasteiger partial charge is 0.276 e. The SMILES string of the molecule is Cc1cc(C)n(Cc2c(C(=O)N(Cc3cccnc3)C3CCCCC3)noc2C)n1.Cl. The minimum atomic E-state index is -0.0702. The van der Waals surface area contributed by atoms with E-state index in [-0.39, 0.29) is 24.4 Å². The number of carbonyl (C=O) groups excluding carboxylic acids is 1. The van der Waals surface area contributed by atoms with Gasteiger partial charge in [-0.15, -0.1) is 12.4 Å². The van der Waals surface area contributed by atoms with Gasteiger partial charge in [0.1, 0.15) is 5.76 Å². The van der Waals surface area contributed by atoms with E-state index in [0.717, 1.165) is 48.2 Å². The normalized spacial score (nSPS) is 14.3. The predicted molar refractivity (Wildman–Crippen MR) is 120 cm³/mol. The first kappa shape index (κ1) is 23.0. The number of halogens is 1. The Hall–Kier alpha value is -2.67. The molecule has 0 bridgehead atoms. The second-order valence-electron chi connectivity index (χ2n) is 8.24. The maximum Gasteiger partial charge on any atom is 0.276 e. The molecule has 3 aromatic rings. The van der Waals surface area contributed by atoms with Gasteiger partial charge in [0.25, 0.3) is 5.91 Å². The summed E-state index contributed by atoms with van der Waals surface area (Å²) in [5, 5.41) is 8.73. The Morgan fingerprint density at radius 3 is 2.65 bits per heavy atom. The Labute approximate surface area is 189 Å². The number of pyridine rings is 1. The molecule has 0 aliphatic heterocycles. The molecule has 1 aliphatic rings. The van der Waals surface area contributed by atoms with E-state index in [9.17, 15) is 4.79 Å². The van der Waals surface area contributed by atoms with Gasteiger partial charge in [-0.3, -0.25) is 14.5 Å². The summed E-state index contributed by atoms with van der Waals surface area (Å²) >= 11 is 0. The van der Waals surface area contributed by atoms with Crippen molar-refractivity contribution in [2.45, 2.75) is 72.0 Å². The van der Waals surface area contributed by atoms with Crippen molar-refractivity contribution in [3.05, 3.63) is 64.6 Å². The molecule has 1 aliphatic carbocycles. The lowest BCUT2D eigenvalue weighted by atomic mass is 9.93. The summed E-state index contributed by atoms with van der Waals surface area (Å²) in [7, 11) is 0. The lowest BCUT2D eigenvalue weighted by molar-refractivity contribution is 0.0602. The van der Waals surface area contributed by atoms with Gasteiger partial charge in [-0.2, -0.15) is 5.10 Å². The summed E-state index contributed by atoms with van der Waals surface area (Å²) in [6.45, 7) is 6.84. The van der Waals surface area contributed by atoms with Crippen LogP contribution in [-0.4, -0.2) is 36.8 Å². The van der Waals surface area contributed by atoms with Gasteiger partial charge in [0.2, 0.25) is 0 Å². The maximum atomic E-state index is 13.7. The zero-order valence-corrected chi connectivity index (χ0v) is 19.2. The Bertz CT molecular complexity index is 1010. The molecular formula is C23H30ClN5O2. The number of hydrogen-bond donors (Lipinski definition) is 0. The summed E-state index contributed by atoms with van der Waals surface area (Å²) in [5.74, 6) is 0.593. The van der Waals surface area contributed by atoms with Crippen molar-refractivity contribution in [3.63, 3.8) is 0 Å². The van der Waals surface area contributed by atoms with E-state index in [1.165, 1.54) is 6.42 Å². The molecule has 1 fully saturated rings. The monoisotopic (exact) mass is 443 g/mol. The van der Waals surface area contributed by atoms with Crippen LogP contribution in [0.15, 0.2) is 35.1 Å². The molecule has 7 nitrogen and oxygen atoms in total. The third-order valence-electron chi connectivity index (χ3n) is 5.95. The van der Waals surface area contributed by atoms with E-state index >= 15 is 0 Å². The molecular weight excluding hydrogens is 414 g/mol. The highest BCUT2D eigenvalue weighted by Gasteiger charge is 2.31. The average Bonchev–Trinajstić information content (AvgIpc) is 3.28. The van der Waals surface area contributed by atoms with Crippen LogP contribution in [0.5, 0.6) is 0 Å². The van der Waals surface area contributed by atoms with Crippen molar-refractivity contribution in [2.75, 3.05) is 0 Å². The van der Waals surface area contributed by atoms with E-state index in [1.807, 2.05) is 54.7 Å². The van der Waals surface area contributed by atoms with Gasteiger partial charge in [0, 0.05) is 36.2 Å². The molecule has 0 unspecified atom stereocenters. The van der Waals surface area contributed by atoms with Crippen LogP contribution in [0.3, 0.4) is 0 Å². The number of nitrogens with zero attached hydrogens (tertiary/aromatic N) is 5. The zero-order valence-electron chi connectivity index (χ0n) is 18.4. The molecule has 8 heteroatoms. The van der Waals surface area contributed by atoms with E-state index < -0.39 is 0 Å².